The molecule has 0 aromatic heterocycles. The van der Waals surface area contributed by atoms with Crippen LogP contribution in [0.15, 0.2) is 29.3 Å². The number of alkyl halides is 3. The van der Waals surface area contributed by atoms with Gasteiger partial charge in [-0.15, -0.1) is 24.0 Å². The van der Waals surface area contributed by atoms with Crippen LogP contribution in [-0.2, 0) is 22.7 Å². The minimum atomic E-state index is -4.31. The third kappa shape index (κ3) is 11.0. The monoisotopic (exact) mass is 557 g/mol. The number of benzene rings is 1. The minimum absolute atomic E-state index is 0. The summed E-state index contributed by atoms with van der Waals surface area (Å²) in [6.07, 6.45) is -4.31. The van der Waals surface area contributed by atoms with Crippen molar-refractivity contribution in [2.24, 2.45) is 4.99 Å². The maximum absolute atomic E-state index is 12.1. The zero-order valence-electron chi connectivity index (χ0n) is 17.9. The van der Waals surface area contributed by atoms with Crippen LogP contribution in [0.25, 0.3) is 0 Å². The first-order chi connectivity index (χ1) is 14.3. The molecular weight excluding hydrogens is 526 g/mol. The fourth-order valence-electron chi connectivity index (χ4n) is 3.06. The highest BCUT2D eigenvalue weighted by molar-refractivity contribution is 14.0. The van der Waals surface area contributed by atoms with Crippen LogP contribution in [0.5, 0.6) is 0 Å². The number of amides is 1. The first kappa shape index (κ1) is 27.4. The Morgan fingerprint density at radius 3 is 2.26 bits per heavy atom. The van der Waals surface area contributed by atoms with E-state index >= 15 is 0 Å². The van der Waals surface area contributed by atoms with Gasteiger partial charge >= 0.3 is 6.18 Å². The first-order valence-corrected chi connectivity index (χ1v) is 9.91. The van der Waals surface area contributed by atoms with E-state index < -0.39 is 12.8 Å². The van der Waals surface area contributed by atoms with Crippen LogP contribution in [-0.4, -0.2) is 80.8 Å². The molecule has 0 saturated carbocycles. The van der Waals surface area contributed by atoms with Gasteiger partial charge in [-0.25, -0.2) is 0 Å². The maximum atomic E-state index is 12.1. The number of nitrogens with zero attached hydrogens (tertiary/aromatic N) is 3. The Labute approximate surface area is 198 Å². The van der Waals surface area contributed by atoms with Crippen molar-refractivity contribution in [2.45, 2.75) is 26.3 Å². The van der Waals surface area contributed by atoms with Crippen LogP contribution in [0.2, 0.25) is 0 Å². The number of halogens is 4. The Hall–Kier alpha value is -1.60. The fourth-order valence-corrected chi connectivity index (χ4v) is 3.06. The second-order valence-corrected chi connectivity index (χ2v) is 7.12. The van der Waals surface area contributed by atoms with Gasteiger partial charge in [-0.3, -0.25) is 14.7 Å². The molecule has 0 aliphatic carbocycles. The van der Waals surface area contributed by atoms with Crippen LogP contribution in [0.4, 0.5) is 13.2 Å². The number of carbonyl (C=O) groups is 1. The summed E-state index contributed by atoms with van der Waals surface area (Å²) in [7, 11) is 1.70. The molecule has 11 heteroatoms. The Morgan fingerprint density at radius 2 is 1.71 bits per heavy atom. The number of hydrogen-bond acceptors (Lipinski definition) is 4. The van der Waals surface area contributed by atoms with Gasteiger partial charge in [0, 0.05) is 59.8 Å². The number of aliphatic imine (C=N–C) groups is 1. The molecule has 0 bridgehead atoms. The van der Waals surface area contributed by atoms with Crippen LogP contribution >= 0.6 is 24.0 Å². The molecule has 1 aromatic carbocycles. The van der Waals surface area contributed by atoms with Crippen LogP contribution in [0, 0.1) is 0 Å². The van der Waals surface area contributed by atoms with Crippen molar-refractivity contribution >= 4 is 35.8 Å². The molecule has 0 unspecified atom stereocenters. The van der Waals surface area contributed by atoms with Crippen molar-refractivity contribution in [1.29, 1.82) is 0 Å². The Kier molecular flexibility index (Phi) is 12.2. The zero-order valence-corrected chi connectivity index (χ0v) is 20.2. The molecule has 1 aliphatic rings. The van der Waals surface area contributed by atoms with Gasteiger partial charge in [-0.05, 0) is 11.1 Å². The van der Waals surface area contributed by atoms with Gasteiger partial charge in [0.1, 0.15) is 6.61 Å². The summed E-state index contributed by atoms with van der Waals surface area (Å²) in [6.45, 7) is 5.68. The highest BCUT2D eigenvalue weighted by Gasteiger charge is 2.27. The number of ether oxygens (including phenoxy) is 1. The van der Waals surface area contributed by atoms with Crippen molar-refractivity contribution < 1.29 is 22.7 Å². The molecule has 1 heterocycles. The van der Waals surface area contributed by atoms with E-state index in [2.05, 4.69) is 25.3 Å². The van der Waals surface area contributed by atoms with Crippen molar-refractivity contribution in [3.05, 3.63) is 35.4 Å². The summed E-state index contributed by atoms with van der Waals surface area (Å²) in [5, 5.41) is 6.48. The van der Waals surface area contributed by atoms with Crippen LogP contribution < -0.4 is 10.6 Å². The lowest BCUT2D eigenvalue weighted by atomic mass is 10.1. The fraction of sp³-hybridized carbons (Fsp3) is 0.600. The number of nitrogens with one attached hydrogen (secondary N) is 2. The Balaban J connectivity index is 0.00000480. The molecule has 1 amide bonds. The van der Waals surface area contributed by atoms with Gasteiger partial charge in [0.2, 0.25) is 5.91 Å². The summed E-state index contributed by atoms with van der Waals surface area (Å²) in [4.78, 5) is 19.7. The van der Waals surface area contributed by atoms with Gasteiger partial charge in [-0.1, -0.05) is 24.3 Å². The summed E-state index contributed by atoms with van der Waals surface area (Å²) < 4.78 is 41.0. The van der Waals surface area contributed by atoms with Crippen molar-refractivity contribution in [3.8, 4) is 0 Å². The molecule has 0 atom stereocenters. The van der Waals surface area contributed by atoms with E-state index in [0.717, 1.165) is 44.8 Å². The van der Waals surface area contributed by atoms with E-state index in [4.69, 9.17) is 0 Å². The zero-order chi connectivity index (χ0) is 22.0. The molecule has 1 aliphatic heterocycles. The highest BCUT2D eigenvalue weighted by Crippen LogP contribution is 2.15. The number of hydrogen-bond donors (Lipinski definition) is 2. The maximum Gasteiger partial charge on any atom is 0.411 e. The van der Waals surface area contributed by atoms with E-state index in [-0.39, 0.29) is 36.5 Å². The second kappa shape index (κ2) is 13.7. The van der Waals surface area contributed by atoms with E-state index in [0.29, 0.717) is 18.1 Å². The molecule has 2 N–H and O–H groups in total. The van der Waals surface area contributed by atoms with Gasteiger partial charge in [-0.2, -0.15) is 13.2 Å². The van der Waals surface area contributed by atoms with Crippen LogP contribution in [0.1, 0.15) is 18.1 Å². The molecule has 1 saturated heterocycles. The number of carbonyl (C=O) groups excluding carboxylic acids is 1. The third-order valence-electron chi connectivity index (χ3n) is 4.78. The average Bonchev–Trinajstić information content (AvgIpc) is 2.71. The van der Waals surface area contributed by atoms with E-state index in [1.165, 1.54) is 0 Å². The number of piperazine rings is 1. The Bertz CT molecular complexity index is 693. The van der Waals surface area contributed by atoms with Crippen molar-refractivity contribution in [1.82, 2.24) is 20.4 Å². The minimum Gasteiger partial charge on any atom is -0.367 e. The smallest absolute Gasteiger partial charge is 0.367 e. The highest BCUT2D eigenvalue weighted by atomic mass is 127. The third-order valence-corrected chi connectivity index (χ3v) is 4.78. The summed E-state index contributed by atoms with van der Waals surface area (Å²) in [5.74, 6) is 0.800. The molecule has 0 radical (unpaired) electrons. The molecule has 176 valence electrons. The summed E-state index contributed by atoms with van der Waals surface area (Å²) in [6, 6.07) is 7.21. The topological polar surface area (TPSA) is 69.2 Å². The molecule has 31 heavy (non-hydrogen) atoms. The SMILES string of the molecule is CN=C(NCCN1CCN(C(C)=O)CC1)NCc1ccc(COCC(F)(F)F)cc1.I. The van der Waals surface area contributed by atoms with Gasteiger partial charge in [0.15, 0.2) is 5.96 Å². The lowest BCUT2D eigenvalue weighted by Gasteiger charge is -2.34. The van der Waals surface area contributed by atoms with Crippen molar-refractivity contribution in [2.75, 3.05) is 52.9 Å². The quantitative estimate of drug-likeness (QED) is 0.292. The Morgan fingerprint density at radius 1 is 1.10 bits per heavy atom. The second-order valence-electron chi connectivity index (χ2n) is 7.12. The predicted octanol–water partition coefficient (Wildman–Crippen LogP) is 2.21. The summed E-state index contributed by atoms with van der Waals surface area (Å²) >= 11 is 0. The standard InChI is InChI=1S/C20H30F3N5O2.HI/c1-16(29)28-11-9-27(10-12-28)8-7-25-19(24-2)26-13-17-3-5-18(6-4-17)14-30-15-20(21,22)23;/h3-6H,7-15H2,1-2H3,(H2,24,25,26);1H. The predicted molar refractivity (Wildman–Crippen MR) is 124 cm³/mol. The normalized spacial score (nSPS) is 15.4. The van der Waals surface area contributed by atoms with Crippen molar-refractivity contribution in [3.63, 3.8) is 0 Å². The van der Waals surface area contributed by atoms with E-state index in [1.54, 1.807) is 26.1 Å². The van der Waals surface area contributed by atoms with Gasteiger partial charge in [0.05, 0.1) is 6.61 Å². The lowest BCUT2D eigenvalue weighted by molar-refractivity contribution is -0.176. The molecule has 1 aromatic rings. The molecule has 7 nitrogen and oxygen atoms in total. The average molecular weight is 557 g/mol. The lowest BCUT2D eigenvalue weighted by Crippen LogP contribution is -2.50. The van der Waals surface area contributed by atoms with Gasteiger partial charge < -0.3 is 20.3 Å². The molecule has 2 rings (SSSR count). The molecular formula is C20H31F3IN5O2. The van der Waals surface area contributed by atoms with E-state index in [9.17, 15) is 18.0 Å². The molecule has 0 spiro atoms. The van der Waals surface area contributed by atoms with E-state index in [1.807, 2.05) is 17.0 Å². The van der Waals surface area contributed by atoms with Crippen LogP contribution in [0.3, 0.4) is 0 Å². The largest absolute Gasteiger partial charge is 0.411 e. The first-order valence-electron chi connectivity index (χ1n) is 9.91. The molecule has 1 fully saturated rings. The number of rotatable bonds is 8. The summed E-state index contributed by atoms with van der Waals surface area (Å²) in [5.41, 5.74) is 1.67. The van der Waals surface area contributed by atoms with Gasteiger partial charge in [0.25, 0.3) is 0 Å². The number of guanidine groups is 1.